The molecule has 2 heteroatoms. The highest BCUT2D eigenvalue weighted by Crippen LogP contribution is 2.27. The average Bonchev–Trinajstić information content (AvgIpc) is 2.41. The van der Waals surface area contributed by atoms with E-state index < -0.39 is 0 Å². The second-order valence-corrected chi connectivity index (χ2v) is 5.85. The molecule has 0 saturated heterocycles. The van der Waals surface area contributed by atoms with Crippen LogP contribution in [0.5, 0.6) is 0 Å². The number of rotatable bonds is 7. The molecule has 1 aromatic carbocycles. The maximum Gasteiger partial charge on any atom is 0.0424 e. The number of aryl methyl sites for hydroxylation is 1. The maximum absolute atomic E-state index is 6.36. The Morgan fingerprint density at radius 3 is 2.37 bits per heavy atom. The lowest BCUT2D eigenvalue weighted by molar-refractivity contribution is 0.176. The maximum atomic E-state index is 6.36. The number of nitrogens with two attached hydrogens (primary N) is 1. The van der Waals surface area contributed by atoms with E-state index in [1.54, 1.807) is 0 Å². The van der Waals surface area contributed by atoms with Crippen molar-refractivity contribution in [3.05, 3.63) is 35.4 Å². The number of nitrogens with zero attached hydrogens (tertiary/aromatic N) is 1. The first-order valence-corrected chi connectivity index (χ1v) is 7.79. The van der Waals surface area contributed by atoms with Crippen LogP contribution in [-0.2, 0) is 6.42 Å². The zero-order valence-electron chi connectivity index (χ0n) is 12.4. The van der Waals surface area contributed by atoms with Gasteiger partial charge in [0.1, 0.15) is 0 Å². The second-order valence-electron chi connectivity index (χ2n) is 5.85. The molecule has 2 N–H and O–H groups in total. The lowest BCUT2D eigenvalue weighted by atomic mass is 9.85. The van der Waals surface area contributed by atoms with Crippen LogP contribution >= 0.6 is 0 Å². The fourth-order valence-corrected chi connectivity index (χ4v) is 2.76. The monoisotopic (exact) mass is 260 g/mol. The highest BCUT2D eigenvalue weighted by molar-refractivity contribution is 5.25. The van der Waals surface area contributed by atoms with E-state index in [2.05, 4.69) is 43.0 Å². The number of benzene rings is 1. The Balaban J connectivity index is 1.87. The minimum atomic E-state index is 0.144. The van der Waals surface area contributed by atoms with E-state index in [-0.39, 0.29) is 6.04 Å². The van der Waals surface area contributed by atoms with Crippen LogP contribution in [0.4, 0.5) is 0 Å². The number of likely N-dealkylation sites (N-methyl/N-ethyl adjacent to an activating group) is 1. The predicted molar refractivity (Wildman–Crippen MR) is 82.2 cm³/mol. The minimum absolute atomic E-state index is 0.144. The lowest BCUT2D eigenvalue weighted by Crippen LogP contribution is -2.37. The zero-order chi connectivity index (χ0) is 13.7. The first kappa shape index (κ1) is 14.5. The van der Waals surface area contributed by atoms with Gasteiger partial charge in [0.05, 0.1) is 0 Å². The average molecular weight is 260 g/mol. The van der Waals surface area contributed by atoms with Gasteiger partial charge in [0.15, 0.2) is 0 Å². The molecule has 0 bridgehead atoms. The van der Waals surface area contributed by atoms with Gasteiger partial charge in [-0.1, -0.05) is 44.5 Å². The smallest absolute Gasteiger partial charge is 0.0424 e. The van der Waals surface area contributed by atoms with Gasteiger partial charge in [-0.05, 0) is 42.9 Å². The normalized spacial score (nSPS) is 17.5. The van der Waals surface area contributed by atoms with Crippen molar-refractivity contribution in [3.63, 3.8) is 0 Å². The minimum Gasteiger partial charge on any atom is -0.323 e. The van der Waals surface area contributed by atoms with Crippen molar-refractivity contribution >= 4 is 0 Å². The Morgan fingerprint density at radius 2 is 1.89 bits per heavy atom. The van der Waals surface area contributed by atoms with Crippen molar-refractivity contribution in [3.8, 4) is 0 Å². The molecule has 0 radical (unpaired) electrons. The lowest BCUT2D eigenvalue weighted by Gasteiger charge is -2.33. The van der Waals surface area contributed by atoms with Crippen LogP contribution in [0.3, 0.4) is 0 Å². The van der Waals surface area contributed by atoms with Crippen molar-refractivity contribution < 1.29 is 0 Å². The van der Waals surface area contributed by atoms with Gasteiger partial charge in [-0.2, -0.15) is 0 Å². The van der Waals surface area contributed by atoms with E-state index in [0.717, 1.165) is 25.4 Å². The van der Waals surface area contributed by atoms with Crippen molar-refractivity contribution in [1.29, 1.82) is 0 Å². The van der Waals surface area contributed by atoms with E-state index in [4.69, 9.17) is 5.73 Å². The molecule has 1 fully saturated rings. The molecule has 1 saturated carbocycles. The molecule has 0 aliphatic heterocycles. The van der Waals surface area contributed by atoms with Crippen LogP contribution in [0, 0.1) is 5.92 Å². The van der Waals surface area contributed by atoms with Crippen molar-refractivity contribution in [2.75, 3.05) is 19.6 Å². The van der Waals surface area contributed by atoms with Crippen molar-refractivity contribution in [2.24, 2.45) is 11.7 Å². The fraction of sp³-hybridized carbons (Fsp3) is 0.647. The van der Waals surface area contributed by atoms with E-state index in [1.807, 2.05) is 0 Å². The molecular weight excluding hydrogens is 232 g/mol. The van der Waals surface area contributed by atoms with Gasteiger partial charge >= 0.3 is 0 Å². The summed E-state index contributed by atoms with van der Waals surface area (Å²) >= 11 is 0. The Hall–Kier alpha value is -0.860. The Morgan fingerprint density at radius 1 is 1.21 bits per heavy atom. The zero-order valence-corrected chi connectivity index (χ0v) is 12.4. The Labute approximate surface area is 118 Å². The van der Waals surface area contributed by atoms with Gasteiger partial charge in [-0.25, -0.2) is 0 Å². The molecule has 106 valence electrons. The summed E-state index contributed by atoms with van der Waals surface area (Å²) in [6.07, 6.45) is 5.35. The van der Waals surface area contributed by atoms with Crippen molar-refractivity contribution in [2.45, 2.75) is 45.6 Å². The van der Waals surface area contributed by atoms with E-state index in [0.29, 0.717) is 0 Å². The molecule has 1 unspecified atom stereocenters. The van der Waals surface area contributed by atoms with Crippen molar-refractivity contribution in [1.82, 2.24) is 4.90 Å². The second kappa shape index (κ2) is 7.06. The molecule has 0 aromatic heterocycles. The first-order valence-electron chi connectivity index (χ1n) is 7.79. The predicted octanol–water partition coefficient (Wildman–Crippen LogP) is 3.37. The van der Waals surface area contributed by atoms with Gasteiger partial charge in [-0.3, -0.25) is 0 Å². The van der Waals surface area contributed by atoms with E-state index >= 15 is 0 Å². The third-order valence-electron chi connectivity index (χ3n) is 4.46. The molecule has 1 aliphatic rings. The van der Waals surface area contributed by atoms with E-state index in [9.17, 15) is 0 Å². The molecule has 1 aliphatic carbocycles. The fourth-order valence-electron chi connectivity index (χ4n) is 2.76. The summed E-state index contributed by atoms with van der Waals surface area (Å²) in [7, 11) is 0. The summed E-state index contributed by atoms with van der Waals surface area (Å²) in [5, 5.41) is 0. The summed E-state index contributed by atoms with van der Waals surface area (Å²) < 4.78 is 0. The van der Waals surface area contributed by atoms with Crippen LogP contribution in [0.2, 0.25) is 0 Å². The third kappa shape index (κ3) is 4.05. The number of hydrogen-bond donors (Lipinski definition) is 1. The highest BCUT2D eigenvalue weighted by atomic mass is 15.1. The number of hydrogen-bond acceptors (Lipinski definition) is 2. The summed E-state index contributed by atoms with van der Waals surface area (Å²) in [6.45, 7) is 7.75. The SMILES string of the molecule is CCc1ccc(C(N)CN(CC)CC2CCC2)cc1. The summed E-state index contributed by atoms with van der Waals surface area (Å²) in [4.78, 5) is 2.52. The Kier molecular flexibility index (Phi) is 5.41. The van der Waals surface area contributed by atoms with Gasteiger partial charge in [0, 0.05) is 19.1 Å². The molecule has 1 atom stereocenters. The molecule has 2 rings (SSSR count). The van der Waals surface area contributed by atoms with Crippen LogP contribution in [0.15, 0.2) is 24.3 Å². The first-order chi connectivity index (χ1) is 9.22. The van der Waals surface area contributed by atoms with Gasteiger partial charge in [-0.15, -0.1) is 0 Å². The molecule has 0 spiro atoms. The molecule has 0 heterocycles. The topological polar surface area (TPSA) is 29.3 Å². The third-order valence-corrected chi connectivity index (χ3v) is 4.46. The Bertz CT molecular complexity index is 367. The summed E-state index contributed by atoms with van der Waals surface area (Å²) in [5.41, 5.74) is 9.01. The molecular formula is C17H28N2. The van der Waals surface area contributed by atoms with Gasteiger partial charge < -0.3 is 10.6 Å². The van der Waals surface area contributed by atoms with Crippen LogP contribution in [0.1, 0.15) is 50.3 Å². The highest BCUT2D eigenvalue weighted by Gasteiger charge is 2.21. The summed E-state index contributed by atoms with van der Waals surface area (Å²) in [5.74, 6) is 0.926. The molecule has 19 heavy (non-hydrogen) atoms. The molecule has 0 amide bonds. The summed E-state index contributed by atoms with van der Waals surface area (Å²) in [6, 6.07) is 8.95. The molecule has 1 aromatic rings. The van der Waals surface area contributed by atoms with Gasteiger partial charge in [0.25, 0.3) is 0 Å². The van der Waals surface area contributed by atoms with Crippen LogP contribution < -0.4 is 5.73 Å². The van der Waals surface area contributed by atoms with Gasteiger partial charge in [0.2, 0.25) is 0 Å². The van der Waals surface area contributed by atoms with E-state index in [1.165, 1.54) is 36.9 Å². The van der Waals surface area contributed by atoms with Crippen LogP contribution in [-0.4, -0.2) is 24.5 Å². The van der Waals surface area contributed by atoms with Crippen LogP contribution in [0.25, 0.3) is 0 Å². The standard InChI is InChI=1S/C17H28N2/c1-3-14-8-10-16(11-9-14)17(18)13-19(4-2)12-15-6-5-7-15/h8-11,15,17H,3-7,12-13,18H2,1-2H3. The molecule has 2 nitrogen and oxygen atoms in total. The largest absolute Gasteiger partial charge is 0.323 e. The quantitative estimate of drug-likeness (QED) is 0.814.